The fourth-order valence-corrected chi connectivity index (χ4v) is 5.77. The average Bonchev–Trinajstić information content (AvgIpc) is 3.55. The van der Waals surface area contributed by atoms with E-state index in [1.807, 2.05) is 60.7 Å². The first-order valence-corrected chi connectivity index (χ1v) is 11.7. The van der Waals surface area contributed by atoms with E-state index in [4.69, 9.17) is 22.6 Å². The number of fused-ring (bicyclic) bond motifs is 1. The van der Waals surface area contributed by atoms with E-state index in [-0.39, 0.29) is 23.2 Å². The van der Waals surface area contributed by atoms with Gasteiger partial charge >= 0.3 is 0 Å². The van der Waals surface area contributed by atoms with Gasteiger partial charge in [0, 0.05) is 17.4 Å². The van der Waals surface area contributed by atoms with Gasteiger partial charge in [0.05, 0.1) is 28.0 Å². The number of nitrogens with one attached hydrogen (secondary N) is 1. The lowest BCUT2D eigenvalue weighted by Crippen LogP contribution is -2.42. The summed E-state index contributed by atoms with van der Waals surface area (Å²) in [4.78, 5) is 16.4. The first-order valence-electron chi connectivity index (χ1n) is 10.4. The molecule has 160 valence electrons. The summed E-state index contributed by atoms with van der Waals surface area (Å²) in [5, 5.41) is 13.0. The van der Waals surface area contributed by atoms with Gasteiger partial charge in [0.25, 0.3) is 0 Å². The zero-order chi connectivity index (χ0) is 22.2. The van der Waals surface area contributed by atoms with Crippen LogP contribution in [0.3, 0.4) is 0 Å². The van der Waals surface area contributed by atoms with Crippen LogP contribution in [0.15, 0.2) is 71.6 Å². The maximum absolute atomic E-state index is 13.2. The number of carbonyl (C=O) groups is 1. The smallest absolute Gasteiger partial charge is 0.226 e. The van der Waals surface area contributed by atoms with Crippen molar-refractivity contribution in [3.8, 4) is 6.07 Å². The summed E-state index contributed by atoms with van der Waals surface area (Å²) in [5.41, 5.74) is 10.1. The molecule has 1 fully saturated rings. The molecule has 0 bridgehead atoms. The third kappa shape index (κ3) is 3.73. The number of amides is 1. The molecule has 5 rings (SSSR count). The molecular weight excluding hydrogens is 440 g/mol. The van der Waals surface area contributed by atoms with Gasteiger partial charge in [0.1, 0.15) is 0 Å². The van der Waals surface area contributed by atoms with Gasteiger partial charge in [-0.15, -0.1) is 0 Å². The van der Waals surface area contributed by atoms with Gasteiger partial charge in [-0.1, -0.05) is 59.8 Å². The summed E-state index contributed by atoms with van der Waals surface area (Å²) in [6, 6.07) is 23.4. The van der Waals surface area contributed by atoms with Crippen molar-refractivity contribution in [2.24, 2.45) is 11.7 Å². The molecule has 1 aliphatic carbocycles. The van der Waals surface area contributed by atoms with E-state index in [1.165, 1.54) is 0 Å². The summed E-state index contributed by atoms with van der Waals surface area (Å²) in [5.74, 6) is 0.0507. The molecule has 3 atom stereocenters. The molecule has 7 heteroatoms. The van der Waals surface area contributed by atoms with Crippen LogP contribution in [-0.4, -0.2) is 11.4 Å². The fourth-order valence-electron chi connectivity index (χ4n) is 4.30. The summed E-state index contributed by atoms with van der Waals surface area (Å²) in [6.07, 6.45) is 0.783. The molecule has 0 radical (unpaired) electrons. The van der Waals surface area contributed by atoms with Crippen molar-refractivity contribution < 1.29 is 4.79 Å². The number of hydrogen-bond donors (Lipinski definition) is 2. The second kappa shape index (κ2) is 8.51. The van der Waals surface area contributed by atoms with Crippen LogP contribution in [0.1, 0.15) is 29.0 Å². The number of anilines is 2. The molecule has 32 heavy (non-hydrogen) atoms. The minimum atomic E-state index is -0.322. The number of nitrogens with zero attached hydrogens (tertiary/aromatic N) is 2. The highest BCUT2D eigenvalue weighted by Crippen LogP contribution is 2.51. The lowest BCUT2D eigenvalue weighted by molar-refractivity contribution is -0.122. The van der Waals surface area contributed by atoms with Gasteiger partial charge in [0.15, 0.2) is 5.50 Å². The molecule has 5 nitrogen and oxygen atoms in total. The maximum Gasteiger partial charge on any atom is 0.226 e. The Hall–Kier alpha value is -2.98. The van der Waals surface area contributed by atoms with Crippen molar-refractivity contribution in [1.29, 1.82) is 5.26 Å². The van der Waals surface area contributed by atoms with Gasteiger partial charge in [-0.3, -0.25) is 4.79 Å². The van der Waals surface area contributed by atoms with Crippen molar-refractivity contribution in [3.05, 3.63) is 88.4 Å². The van der Waals surface area contributed by atoms with E-state index in [0.717, 1.165) is 33.8 Å². The highest BCUT2D eigenvalue weighted by molar-refractivity contribution is 8.00. The highest BCUT2D eigenvalue weighted by Gasteiger charge is 2.46. The molecule has 1 amide bonds. The standard InChI is InChI=1S/C25H21ClN4OS/c26-20-8-4-7-17(14-28)23(20)30-21-9-1-2-10-22(21)32-25(30)29-24(31)19-12-18(19)16-6-3-5-15(11-16)13-27/h1-11,18-19,25H,12,14,28H2,(H,29,31). The molecule has 3 aromatic rings. The number of benzene rings is 3. The SMILES string of the molecule is N#Cc1cccc(C2CC2C(=O)NC2Sc3ccccc3N2c2c(Cl)cccc2CN)c1. The number of nitriles is 1. The lowest BCUT2D eigenvalue weighted by atomic mass is 10.1. The lowest BCUT2D eigenvalue weighted by Gasteiger charge is -2.30. The van der Waals surface area contributed by atoms with Crippen LogP contribution in [-0.2, 0) is 11.3 Å². The predicted molar refractivity (Wildman–Crippen MR) is 128 cm³/mol. The number of halogens is 1. The summed E-state index contributed by atoms with van der Waals surface area (Å²) < 4.78 is 0. The van der Waals surface area contributed by atoms with Crippen molar-refractivity contribution in [2.45, 2.75) is 29.3 Å². The highest BCUT2D eigenvalue weighted by atomic mass is 35.5. The topological polar surface area (TPSA) is 82.2 Å². The van der Waals surface area contributed by atoms with Crippen molar-refractivity contribution in [3.63, 3.8) is 0 Å². The van der Waals surface area contributed by atoms with E-state index in [1.54, 1.807) is 17.8 Å². The number of rotatable bonds is 5. The summed E-state index contributed by atoms with van der Waals surface area (Å²) in [6.45, 7) is 0.347. The van der Waals surface area contributed by atoms with E-state index < -0.39 is 0 Å². The van der Waals surface area contributed by atoms with Gasteiger partial charge in [0.2, 0.25) is 5.91 Å². The Labute approximate surface area is 196 Å². The van der Waals surface area contributed by atoms with Crippen molar-refractivity contribution in [1.82, 2.24) is 5.32 Å². The number of hydrogen-bond acceptors (Lipinski definition) is 5. The molecule has 1 heterocycles. The first-order chi connectivity index (χ1) is 15.6. The molecule has 1 aliphatic heterocycles. The van der Waals surface area contributed by atoms with Crippen molar-refractivity contribution in [2.75, 3.05) is 4.90 Å². The fraction of sp³-hybridized carbons (Fsp3) is 0.200. The zero-order valence-corrected chi connectivity index (χ0v) is 18.7. The van der Waals surface area contributed by atoms with E-state index in [2.05, 4.69) is 16.3 Å². The minimum Gasteiger partial charge on any atom is -0.326 e. The quantitative estimate of drug-likeness (QED) is 0.552. The molecule has 1 saturated carbocycles. The monoisotopic (exact) mass is 460 g/mol. The Morgan fingerprint density at radius 1 is 1.19 bits per heavy atom. The molecule has 3 unspecified atom stereocenters. The normalized spacial score (nSPS) is 21.0. The maximum atomic E-state index is 13.2. The Morgan fingerprint density at radius 3 is 2.81 bits per heavy atom. The van der Waals surface area contributed by atoms with Crippen LogP contribution in [0.4, 0.5) is 11.4 Å². The van der Waals surface area contributed by atoms with Gasteiger partial charge in [-0.05, 0) is 53.8 Å². The van der Waals surface area contributed by atoms with Crippen LogP contribution < -0.4 is 16.0 Å². The molecular formula is C25H21ClN4OS. The van der Waals surface area contributed by atoms with Gasteiger partial charge < -0.3 is 16.0 Å². The number of nitrogens with two attached hydrogens (primary N) is 1. The molecule has 3 N–H and O–H groups in total. The Bertz CT molecular complexity index is 1240. The van der Waals surface area contributed by atoms with Gasteiger partial charge in [-0.2, -0.15) is 5.26 Å². The van der Waals surface area contributed by atoms with E-state index in [0.29, 0.717) is 17.1 Å². The van der Waals surface area contributed by atoms with Crippen LogP contribution in [0.25, 0.3) is 0 Å². The van der Waals surface area contributed by atoms with E-state index >= 15 is 0 Å². The third-order valence-corrected chi connectivity index (χ3v) is 7.42. The van der Waals surface area contributed by atoms with Crippen LogP contribution in [0, 0.1) is 17.2 Å². The second-order valence-electron chi connectivity index (χ2n) is 7.95. The predicted octanol–water partition coefficient (Wildman–Crippen LogP) is 5.12. The summed E-state index contributed by atoms with van der Waals surface area (Å²) >= 11 is 8.21. The van der Waals surface area contributed by atoms with Crippen LogP contribution in [0.5, 0.6) is 0 Å². The number of para-hydroxylation sites is 2. The molecule has 2 aliphatic rings. The van der Waals surface area contributed by atoms with E-state index in [9.17, 15) is 4.79 Å². The Balaban J connectivity index is 1.41. The number of carbonyl (C=O) groups excluding carboxylic acids is 1. The molecule has 0 saturated heterocycles. The Morgan fingerprint density at radius 2 is 2.00 bits per heavy atom. The molecule has 0 aromatic heterocycles. The zero-order valence-electron chi connectivity index (χ0n) is 17.2. The Kier molecular flexibility index (Phi) is 5.56. The first kappa shape index (κ1) is 20.9. The third-order valence-electron chi connectivity index (χ3n) is 5.97. The van der Waals surface area contributed by atoms with Crippen molar-refractivity contribution >= 4 is 40.6 Å². The van der Waals surface area contributed by atoms with Crippen LogP contribution >= 0.6 is 23.4 Å². The number of thioether (sulfide) groups is 1. The molecule has 3 aromatic carbocycles. The minimum absolute atomic E-state index is 0.00835. The second-order valence-corrected chi connectivity index (χ2v) is 9.48. The average molecular weight is 461 g/mol. The van der Waals surface area contributed by atoms with Crippen LogP contribution in [0.2, 0.25) is 5.02 Å². The molecule has 0 spiro atoms. The van der Waals surface area contributed by atoms with Gasteiger partial charge in [-0.25, -0.2) is 0 Å². The summed E-state index contributed by atoms with van der Waals surface area (Å²) in [7, 11) is 0. The largest absolute Gasteiger partial charge is 0.326 e.